The maximum atomic E-state index is 12.4. The minimum atomic E-state index is -0.505. The van der Waals surface area contributed by atoms with Crippen molar-refractivity contribution < 1.29 is 38.1 Å². The van der Waals surface area contributed by atoms with E-state index in [1.807, 2.05) is 6.92 Å². The van der Waals surface area contributed by atoms with Gasteiger partial charge in [0.2, 0.25) is 0 Å². The first-order chi connectivity index (χ1) is 17.5. The van der Waals surface area contributed by atoms with Crippen LogP contribution in [0.3, 0.4) is 0 Å². The molecule has 0 aliphatic rings. The molecule has 0 heterocycles. The van der Waals surface area contributed by atoms with Gasteiger partial charge in [0.15, 0.2) is 6.79 Å². The highest BCUT2D eigenvalue weighted by Crippen LogP contribution is 2.18. The smallest absolute Gasteiger partial charge is 0.343 e. The first-order valence-electron chi connectivity index (χ1n) is 11.8. The van der Waals surface area contributed by atoms with Crippen molar-refractivity contribution in [2.45, 2.75) is 32.6 Å². The van der Waals surface area contributed by atoms with Crippen LogP contribution in [0.5, 0.6) is 11.5 Å². The van der Waals surface area contributed by atoms with Gasteiger partial charge in [-0.25, -0.2) is 14.4 Å². The minimum absolute atomic E-state index is 0.0837. The Balaban J connectivity index is 1.69. The Morgan fingerprint density at radius 2 is 1.47 bits per heavy atom. The van der Waals surface area contributed by atoms with Gasteiger partial charge >= 0.3 is 17.9 Å². The predicted octanol–water partition coefficient (Wildman–Crippen LogP) is 5.12. The van der Waals surface area contributed by atoms with Gasteiger partial charge in [-0.1, -0.05) is 18.7 Å². The fourth-order valence-corrected chi connectivity index (χ4v) is 2.88. The average Bonchev–Trinajstić information content (AvgIpc) is 2.90. The molecule has 2 aromatic carbocycles. The van der Waals surface area contributed by atoms with E-state index in [0.717, 1.165) is 37.3 Å². The molecule has 2 aromatic rings. The Kier molecular flexibility index (Phi) is 13.1. The number of esters is 3. The molecule has 0 aliphatic heterocycles. The van der Waals surface area contributed by atoms with Crippen LogP contribution in [0.2, 0.25) is 0 Å². The van der Waals surface area contributed by atoms with Gasteiger partial charge in [0.05, 0.1) is 18.8 Å². The second-order valence-corrected chi connectivity index (χ2v) is 7.52. The van der Waals surface area contributed by atoms with Crippen LogP contribution in [-0.4, -0.2) is 44.5 Å². The van der Waals surface area contributed by atoms with E-state index in [0.29, 0.717) is 36.9 Å². The van der Waals surface area contributed by atoms with Gasteiger partial charge in [0.1, 0.15) is 11.5 Å². The zero-order valence-electron chi connectivity index (χ0n) is 20.5. The molecule has 0 amide bonds. The maximum Gasteiger partial charge on any atom is 0.343 e. The summed E-state index contributed by atoms with van der Waals surface area (Å²) >= 11 is 0. The molecule has 0 N–H and O–H groups in total. The van der Waals surface area contributed by atoms with Gasteiger partial charge in [0.25, 0.3) is 0 Å². The second-order valence-electron chi connectivity index (χ2n) is 7.52. The van der Waals surface area contributed by atoms with Crippen molar-refractivity contribution in [2.75, 3.05) is 26.6 Å². The van der Waals surface area contributed by atoms with Crippen LogP contribution in [0.15, 0.2) is 67.3 Å². The highest BCUT2D eigenvalue weighted by molar-refractivity contribution is 5.91. The molecule has 0 aliphatic carbocycles. The summed E-state index contributed by atoms with van der Waals surface area (Å²) in [6, 6.07) is 13.5. The molecule has 8 heteroatoms. The van der Waals surface area contributed by atoms with Crippen LogP contribution in [0, 0.1) is 0 Å². The molecular formula is C28H32O8. The van der Waals surface area contributed by atoms with E-state index < -0.39 is 17.9 Å². The first-order valence-corrected chi connectivity index (χ1v) is 11.8. The fourth-order valence-electron chi connectivity index (χ4n) is 2.88. The third-order valence-electron chi connectivity index (χ3n) is 4.80. The summed E-state index contributed by atoms with van der Waals surface area (Å²) in [5.74, 6) is -0.333. The molecule has 0 fully saturated rings. The van der Waals surface area contributed by atoms with Gasteiger partial charge < -0.3 is 23.7 Å². The number of carbonyl (C=O) groups excluding carboxylic acids is 3. The zero-order chi connectivity index (χ0) is 26.0. The predicted molar refractivity (Wildman–Crippen MR) is 135 cm³/mol. The van der Waals surface area contributed by atoms with Crippen molar-refractivity contribution in [3.8, 4) is 11.5 Å². The van der Waals surface area contributed by atoms with E-state index in [-0.39, 0.29) is 6.79 Å². The zero-order valence-corrected chi connectivity index (χ0v) is 20.5. The minimum Gasteiger partial charge on any atom is -0.494 e. The van der Waals surface area contributed by atoms with Crippen molar-refractivity contribution >= 4 is 24.0 Å². The van der Waals surface area contributed by atoms with Crippen LogP contribution in [0.25, 0.3) is 6.08 Å². The van der Waals surface area contributed by atoms with E-state index >= 15 is 0 Å². The molecule has 0 bridgehead atoms. The lowest BCUT2D eigenvalue weighted by Gasteiger charge is -2.08. The number of carbonyl (C=O) groups is 3. The van der Waals surface area contributed by atoms with Crippen LogP contribution in [0.1, 0.15) is 48.5 Å². The van der Waals surface area contributed by atoms with Crippen molar-refractivity contribution in [3.63, 3.8) is 0 Å². The van der Waals surface area contributed by atoms with Gasteiger partial charge in [0, 0.05) is 18.8 Å². The van der Waals surface area contributed by atoms with Crippen molar-refractivity contribution in [1.29, 1.82) is 0 Å². The van der Waals surface area contributed by atoms with Crippen LogP contribution >= 0.6 is 0 Å². The molecule has 0 aromatic heterocycles. The summed E-state index contributed by atoms with van der Waals surface area (Å²) in [6.45, 7) is 6.50. The van der Waals surface area contributed by atoms with Crippen LogP contribution in [0.4, 0.5) is 0 Å². The van der Waals surface area contributed by atoms with E-state index in [2.05, 4.69) is 6.58 Å². The Labute approximate surface area is 211 Å². The highest BCUT2D eigenvalue weighted by atomic mass is 16.7. The monoisotopic (exact) mass is 496 g/mol. The third kappa shape index (κ3) is 11.5. The molecule has 2 rings (SSSR count). The maximum absolute atomic E-state index is 12.4. The summed E-state index contributed by atoms with van der Waals surface area (Å²) < 4.78 is 25.8. The molecule has 0 saturated carbocycles. The van der Waals surface area contributed by atoms with E-state index in [9.17, 15) is 14.4 Å². The molecule has 192 valence electrons. The number of hydrogen-bond acceptors (Lipinski definition) is 8. The molecule has 0 spiro atoms. The van der Waals surface area contributed by atoms with E-state index in [4.69, 9.17) is 23.7 Å². The Bertz CT molecular complexity index is 993. The average molecular weight is 497 g/mol. The molecule has 0 saturated heterocycles. The Morgan fingerprint density at radius 3 is 2.14 bits per heavy atom. The lowest BCUT2D eigenvalue weighted by atomic mass is 10.2. The summed E-state index contributed by atoms with van der Waals surface area (Å²) in [7, 11) is 0. The van der Waals surface area contributed by atoms with E-state index in [1.165, 1.54) is 6.08 Å². The number of benzene rings is 2. The Morgan fingerprint density at radius 1 is 0.806 bits per heavy atom. The van der Waals surface area contributed by atoms with Gasteiger partial charge in [-0.05, 0) is 80.6 Å². The summed E-state index contributed by atoms with van der Waals surface area (Å²) in [5, 5.41) is 0. The second kappa shape index (κ2) is 16.7. The number of unbranched alkanes of at least 4 members (excludes halogenated alkanes) is 3. The largest absolute Gasteiger partial charge is 0.494 e. The molecule has 0 unspecified atom stereocenters. The molecule has 8 nitrogen and oxygen atoms in total. The van der Waals surface area contributed by atoms with Crippen molar-refractivity contribution in [2.24, 2.45) is 0 Å². The topological polar surface area (TPSA) is 97.4 Å². The normalized spacial score (nSPS) is 10.6. The lowest BCUT2D eigenvalue weighted by molar-refractivity contribution is -0.149. The summed E-state index contributed by atoms with van der Waals surface area (Å²) in [4.78, 5) is 34.9. The Hall–Kier alpha value is -3.91. The molecule has 36 heavy (non-hydrogen) atoms. The van der Waals surface area contributed by atoms with Crippen LogP contribution in [-0.2, 0) is 23.8 Å². The quantitative estimate of drug-likeness (QED) is 0.104. The number of rotatable bonds is 16. The number of ether oxygens (including phenoxy) is 5. The van der Waals surface area contributed by atoms with Crippen molar-refractivity contribution in [1.82, 2.24) is 0 Å². The van der Waals surface area contributed by atoms with Crippen molar-refractivity contribution in [3.05, 3.63) is 78.4 Å². The fraction of sp³-hybridized carbons (Fsp3) is 0.321. The van der Waals surface area contributed by atoms with Gasteiger partial charge in [-0.2, -0.15) is 0 Å². The lowest BCUT2D eigenvalue weighted by Crippen LogP contribution is -2.08. The highest BCUT2D eigenvalue weighted by Gasteiger charge is 2.09. The molecule has 0 atom stereocenters. The first kappa shape index (κ1) is 28.3. The molecule has 0 radical (unpaired) electrons. The standard InChI is InChI=1S/C28H32O8/c1-3-26(29)34-20-8-6-5-7-19-33-24-16-12-23(13-17-24)28(31)36-25-14-9-22(10-15-25)11-18-27(30)35-21-32-4-2/h3,9-18H,1,4-8,19-21H2,2H3/b18-11+. The van der Waals surface area contributed by atoms with Gasteiger partial charge in [-0.3, -0.25) is 0 Å². The summed E-state index contributed by atoms with van der Waals surface area (Å²) in [5.41, 5.74) is 1.15. The van der Waals surface area contributed by atoms with Crippen LogP contribution < -0.4 is 9.47 Å². The molecular weight excluding hydrogens is 464 g/mol. The van der Waals surface area contributed by atoms with E-state index in [1.54, 1.807) is 54.6 Å². The third-order valence-corrected chi connectivity index (χ3v) is 4.80. The number of hydrogen-bond donors (Lipinski definition) is 0. The SMILES string of the molecule is C=CC(=O)OCCCCCCOc1ccc(C(=O)Oc2ccc(/C=C/C(=O)OCOCC)cc2)cc1. The summed E-state index contributed by atoms with van der Waals surface area (Å²) in [6.07, 6.45) is 7.63. The van der Waals surface area contributed by atoms with Gasteiger partial charge in [-0.15, -0.1) is 0 Å².